The van der Waals surface area contributed by atoms with Crippen molar-refractivity contribution in [3.05, 3.63) is 77.5 Å². The second kappa shape index (κ2) is 9.30. The summed E-state index contributed by atoms with van der Waals surface area (Å²) in [6, 6.07) is 18.2. The van der Waals surface area contributed by atoms with E-state index in [-0.39, 0.29) is 11.9 Å². The van der Waals surface area contributed by atoms with Gasteiger partial charge in [-0.15, -0.1) is 0 Å². The van der Waals surface area contributed by atoms with Crippen molar-refractivity contribution in [1.29, 1.82) is 0 Å². The quantitative estimate of drug-likeness (QED) is 0.503. The van der Waals surface area contributed by atoms with E-state index in [0.29, 0.717) is 18.3 Å². The van der Waals surface area contributed by atoms with E-state index in [1.165, 1.54) is 5.56 Å². The van der Waals surface area contributed by atoms with Crippen LogP contribution < -0.4 is 10.2 Å². The van der Waals surface area contributed by atoms with Gasteiger partial charge in [-0.05, 0) is 56.9 Å². The van der Waals surface area contributed by atoms with Crippen LogP contribution in [-0.4, -0.2) is 45.0 Å². The lowest BCUT2D eigenvalue weighted by molar-refractivity contribution is -0.122. The third kappa shape index (κ3) is 4.38. The molecule has 0 aliphatic carbocycles. The van der Waals surface area contributed by atoms with E-state index < -0.39 is 11.0 Å². The molecular formula is C29H35N5O2. The van der Waals surface area contributed by atoms with Crippen molar-refractivity contribution >= 4 is 23.4 Å². The predicted octanol–water partition coefficient (Wildman–Crippen LogP) is 4.74. The predicted molar refractivity (Wildman–Crippen MR) is 142 cm³/mol. The Hall–Kier alpha value is -3.29. The second-order valence-electron chi connectivity index (χ2n) is 10.7. The van der Waals surface area contributed by atoms with Crippen LogP contribution in [0.3, 0.4) is 0 Å². The molecule has 2 N–H and O–H groups in total. The number of β-amino-alcohol motifs (C(OH)–C–C–N with tert-alkyl or cyclic N) is 1. The van der Waals surface area contributed by atoms with Crippen LogP contribution >= 0.6 is 0 Å². The average Bonchev–Trinajstić information content (AvgIpc) is 3.35. The van der Waals surface area contributed by atoms with Gasteiger partial charge in [-0.3, -0.25) is 14.6 Å². The number of anilines is 3. The summed E-state index contributed by atoms with van der Waals surface area (Å²) in [7, 11) is 0. The van der Waals surface area contributed by atoms with Crippen LogP contribution in [0, 0.1) is 0 Å². The fraction of sp³-hybridized carbons (Fsp3) is 0.414. The van der Waals surface area contributed by atoms with Crippen LogP contribution in [0.25, 0.3) is 0 Å². The maximum Gasteiger partial charge on any atom is 0.238 e. The highest BCUT2D eigenvalue weighted by molar-refractivity contribution is 6.07. The summed E-state index contributed by atoms with van der Waals surface area (Å²) < 4.78 is 0. The zero-order chi connectivity index (χ0) is 25.5. The largest absolute Gasteiger partial charge is 0.384 e. The first-order valence-corrected chi connectivity index (χ1v) is 12.8. The Morgan fingerprint density at radius 1 is 1.11 bits per heavy atom. The van der Waals surface area contributed by atoms with Crippen LogP contribution in [0.2, 0.25) is 0 Å². The molecule has 1 aromatic heterocycles. The molecule has 1 fully saturated rings. The molecule has 1 amide bonds. The van der Waals surface area contributed by atoms with Crippen LogP contribution in [0.4, 0.5) is 17.5 Å². The van der Waals surface area contributed by atoms with Crippen LogP contribution in [0.1, 0.15) is 57.2 Å². The number of rotatable bonds is 7. The molecule has 1 saturated heterocycles. The van der Waals surface area contributed by atoms with Crippen molar-refractivity contribution in [2.24, 2.45) is 0 Å². The number of aromatic nitrogens is 2. The number of hydrogen-bond donors (Lipinski definition) is 2. The highest BCUT2D eigenvalue weighted by Gasteiger charge is 2.47. The molecule has 3 heterocycles. The monoisotopic (exact) mass is 485 g/mol. The fourth-order valence-corrected chi connectivity index (χ4v) is 5.23. The van der Waals surface area contributed by atoms with Crippen molar-refractivity contribution < 1.29 is 9.90 Å². The molecule has 7 nitrogen and oxygen atoms in total. The van der Waals surface area contributed by atoms with Crippen molar-refractivity contribution in [3.8, 4) is 0 Å². The van der Waals surface area contributed by atoms with E-state index in [9.17, 15) is 9.90 Å². The summed E-state index contributed by atoms with van der Waals surface area (Å²) >= 11 is 0. The summed E-state index contributed by atoms with van der Waals surface area (Å²) in [5, 5.41) is 14.4. The summed E-state index contributed by atoms with van der Waals surface area (Å²) in [4.78, 5) is 26.4. The molecule has 188 valence electrons. The lowest BCUT2D eigenvalue weighted by atomic mass is 9.88. The minimum Gasteiger partial charge on any atom is -0.384 e. The molecule has 0 spiro atoms. The Balaban J connectivity index is 1.26. The minimum atomic E-state index is -0.785. The maximum absolute atomic E-state index is 13.1. The van der Waals surface area contributed by atoms with Gasteiger partial charge in [-0.25, -0.2) is 4.98 Å². The lowest BCUT2D eigenvalue weighted by Crippen LogP contribution is -2.41. The molecule has 3 aromatic rings. The Morgan fingerprint density at radius 2 is 1.83 bits per heavy atom. The maximum atomic E-state index is 13.1. The van der Waals surface area contributed by atoms with E-state index in [2.05, 4.69) is 41.2 Å². The van der Waals surface area contributed by atoms with E-state index in [0.717, 1.165) is 42.7 Å². The van der Waals surface area contributed by atoms with Gasteiger partial charge < -0.3 is 10.4 Å². The van der Waals surface area contributed by atoms with Crippen molar-refractivity contribution in [1.82, 2.24) is 14.9 Å². The molecule has 0 bridgehead atoms. The molecule has 2 aliphatic heterocycles. The van der Waals surface area contributed by atoms with E-state index in [1.54, 1.807) is 6.20 Å². The number of carbonyl (C=O) groups is 1. The van der Waals surface area contributed by atoms with Gasteiger partial charge >= 0.3 is 0 Å². The molecule has 1 unspecified atom stereocenters. The third-order valence-corrected chi connectivity index (χ3v) is 7.71. The van der Waals surface area contributed by atoms with Gasteiger partial charge in [0, 0.05) is 43.1 Å². The molecule has 0 radical (unpaired) electrons. The van der Waals surface area contributed by atoms with E-state index in [1.807, 2.05) is 61.2 Å². The Labute approximate surface area is 213 Å². The zero-order valence-electron chi connectivity index (χ0n) is 21.5. The highest BCUT2D eigenvalue weighted by Crippen LogP contribution is 2.42. The number of fused-ring (bicyclic) bond motifs is 1. The molecule has 7 heteroatoms. The molecule has 2 atom stereocenters. The molecule has 0 saturated carbocycles. The average molecular weight is 486 g/mol. The normalized spacial score (nSPS) is 22.0. The standard InChI is InChI=1S/C29H35N5O2/c1-5-20(2)34-25-24(28(3,4)26(34)35)17-30-27(32-25)31-23-13-11-21(12-14-23)18-33-16-15-29(36,19-33)22-9-7-6-8-10-22/h6-14,17,20,36H,5,15-16,18-19H2,1-4H3,(H,30,31,32)/t20-,29?/m0/s1. The number of amides is 1. The van der Waals surface area contributed by atoms with Gasteiger partial charge in [-0.1, -0.05) is 49.4 Å². The van der Waals surface area contributed by atoms with Gasteiger partial charge in [0.1, 0.15) is 11.4 Å². The van der Waals surface area contributed by atoms with Gasteiger partial charge in [-0.2, -0.15) is 4.98 Å². The molecule has 5 rings (SSSR count). The van der Waals surface area contributed by atoms with Gasteiger partial charge in [0.05, 0.1) is 5.41 Å². The number of nitrogens with zero attached hydrogens (tertiary/aromatic N) is 4. The van der Waals surface area contributed by atoms with Crippen molar-refractivity contribution in [3.63, 3.8) is 0 Å². The summed E-state index contributed by atoms with van der Waals surface area (Å²) in [6.07, 6.45) is 3.37. The van der Waals surface area contributed by atoms with Crippen molar-refractivity contribution in [2.45, 2.75) is 64.1 Å². The molecular weight excluding hydrogens is 450 g/mol. The number of likely N-dealkylation sites (tertiary alicyclic amines) is 1. The summed E-state index contributed by atoms with van der Waals surface area (Å²) in [5.41, 5.74) is 2.52. The fourth-order valence-electron chi connectivity index (χ4n) is 5.23. The lowest BCUT2D eigenvalue weighted by Gasteiger charge is -2.25. The zero-order valence-corrected chi connectivity index (χ0v) is 21.5. The Bertz CT molecular complexity index is 1240. The number of nitrogens with one attached hydrogen (secondary N) is 1. The Kier molecular flexibility index (Phi) is 6.30. The Morgan fingerprint density at radius 3 is 2.53 bits per heavy atom. The first-order chi connectivity index (χ1) is 17.2. The topological polar surface area (TPSA) is 81.6 Å². The van der Waals surface area contributed by atoms with Gasteiger partial charge in [0.2, 0.25) is 11.9 Å². The second-order valence-corrected chi connectivity index (χ2v) is 10.7. The molecule has 36 heavy (non-hydrogen) atoms. The molecule has 2 aliphatic rings. The smallest absolute Gasteiger partial charge is 0.238 e. The van der Waals surface area contributed by atoms with Crippen LogP contribution in [-0.2, 0) is 22.4 Å². The highest BCUT2D eigenvalue weighted by atomic mass is 16.3. The number of benzene rings is 2. The van der Waals surface area contributed by atoms with E-state index >= 15 is 0 Å². The first kappa shape index (κ1) is 24.4. The number of hydrogen-bond acceptors (Lipinski definition) is 6. The summed E-state index contributed by atoms with van der Waals surface area (Å²) in [6.45, 7) is 10.3. The third-order valence-electron chi connectivity index (χ3n) is 7.71. The summed E-state index contributed by atoms with van der Waals surface area (Å²) in [5.74, 6) is 1.25. The molecule has 2 aromatic carbocycles. The first-order valence-electron chi connectivity index (χ1n) is 12.8. The van der Waals surface area contributed by atoms with E-state index in [4.69, 9.17) is 4.98 Å². The number of carbonyl (C=O) groups excluding carboxylic acids is 1. The van der Waals surface area contributed by atoms with Gasteiger partial charge in [0.25, 0.3) is 0 Å². The van der Waals surface area contributed by atoms with Crippen LogP contribution in [0.15, 0.2) is 60.8 Å². The van der Waals surface area contributed by atoms with Gasteiger partial charge in [0.15, 0.2) is 0 Å². The minimum absolute atomic E-state index is 0.0729. The van der Waals surface area contributed by atoms with Crippen molar-refractivity contribution in [2.75, 3.05) is 23.3 Å². The number of aliphatic hydroxyl groups is 1. The SMILES string of the molecule is CC[C@H](C)N1C(=O)C(C)(C)c2cnc(Nc3ccc(CN4CCC(O)(c5ccccc5)C4)cc3)nc21. The van der Waals surface area contributed by atoms with Crippen LogP contribution in [0.5, 0.6) is 0 Å².